The Kier molecular flexibility index (Phi) is 5.53. The summed E-state index contributed by atoms with van der Waals surface area (Å²) in [6.07, 6.45) is -0.663. The molecule has 126 valence electrons. The number of halogens is 1. The van der Waals surface area contributed by atoms with Crippen molar-refractivity contribution in [1.29, 1.82) is 0 Å². The van der Waals surface area contributed by atoms with Crippen molar-refractivity contribution in [3.8, 4) is 0 Å². The minimum absolute atomic E-state index is 0.186. The van der Waals surface area contributed by atoms with Gasteiger partial charge in [-0.15, -0.1) is 22.7 Å². The van der Waals surface area contributed by atoms with Crippen LogP contribution in [-0.4, -0.2) is 13.5 Å². The van der Waals surface area contributed by atoms with Gasteiger partial charge in [0.2, 0.25) is 10.0 Å². The van der Waals surface area contributed by atoms with E-state index in [9.17, 15) is 13.5 Å². The fourth-order valence-electron chi connectivity index (χ4n) is 2.13. The van der Waals surface area contributed by atoms with Crippen LogP contribution in [0.25, 0.3) is 0 Å². The maximum Gasteiger partial charge on any atom is 0.242 e. The third-order valence-electron chi connectivity index (χ3n) is 3.33. The molecule has 0 bridgehead atoms. The van der Waals surface area contributed by atoms with Gasteiger partial charge in [-0.2, -0.15) is 0 Å². The Morgan fingerprint density at radius 3 is 2.58 bits per heavy atom. The van der Waals surface area contributed by atoms with Crippen LogP contribution in [0.1, 0.15) is 20.7 Å². The van der Waals surface area contributed by atoms with Crippen molar-refractivity contribution in [1.82, 2.24) is 4.72 Å². The maximum atomic E-state index is 12.4. The monoisotopic (exact) mass is 443 g/mol. The van der Waals surface area contributed by atoms with Crippen LogP contribution in [-0.2, 0) is 16.6 Å². The number of sulfonamides is 1. The molecule has 3 aromatic rings. The average Bonchev–Trinajstić information content (AvgIpc) is 3.24. The lowest BCUT2D eigenvalue weighted by Crippen LogP contribution is -2.23. The molecule has 0 aliphatic rings. The molecule has 0 unspecified atom stereocenters. The number of rotatable bonds is 6. The van der Waals surface area contributed by atoms with E-state index in [4.69, 9.17) is 0 Å². The van der Waals surface area contributed by atoms with Crippen LogP contribution in [0.5, 0.6) is 0 Å². The van der Waals surface area contributed by atoms with E-state index in [0.29, 0.717) is 4.47 Å². The standard InChI is InChI=1S/C16H14BrNO3S3/c17-12-4-1-2-6-15(12)24(20,21)18-10-11-7-8-14(23-11)16(19)13-5-3-9-22-13/h1-9,16,18-19H,10H2/t16-/m0/s1. The number of hydrogen-bond donors (Lipinski definition) is 2. The van der Waals surface area contributed by atoms with Crippen molar-refractivity contribution in [2.75, 3.05) is 0 Å². The van der Waals surface area contributed by atoms with E-state index in [1.807, 2.05) is 29.6 Å². The molecule has 2 aromatic heterocycles. The summed E-state index contributed by atoms with van der Waals surface area (Å²) >= 11 is 6.14. The zero-order valence-corrected chi connectivity index (χ0v) is 16.4. The Bertz CT molecular complexity index is 920. The Morgan fingerprint density at radius 2 is 1.88 bits per heavy atom. The highest BCUT2D eigenvalue weighted by atomic mass is 79.9. The Balaban J connectivity index is 1.71. The minimum atomic E-state index is -3.59. The Labute approximate surface area is 157 Å². The van der Waals surface area contributed by atoms with Gasteiger partial charge in [-0.3, -0.25) is 0 Å². The molecule has 0 amide bonds. The van der Waals surface area contributed by atoms with Crippen molar-refractivity contribution in [2.24, 2.45) is 0 Å². The van der Waals surface area contributed by atoms with E-state index in [0.717, 1.165) is 14.6 Å². The molecule has 24 heavy (non-hydrogen) atoms. The van der Waals surface area contributed by atoms with Crippen LogP contribution >= 0.6 is 38.6 Å². The Morgan fingerprint density at radius 1 is 1.08 bits per heavy atom. The van der Waals surface area contributed by atoms with E-state index in [2.05, 4.69) is 20.7 Å². The lowest BCUT2D eigenvalue weighted by molar-refractivity contribution is 0.228. The zero-order valence-electron chi connectivity index (χ0n) is 12.3. The molecule has 0 aliphatic carbocycles. The minimum Gasteiger partial charge on any atom is -0.382 e. The molecule has 4 nitrogen and oxygen atoms in total. The highest BCUT2D eigenvalue weighted by molar-refractivity contribution is 9.10. The van der Waals surface area contributed by atoms with Gasteiger partial charge in [0.05, 0.1) is 4.90 Å². The highest BCUT2D eigenvalue weighted by Crippen LogP contribution is 2.31. The van der Waals surface area contributed by atoms with Crippen LogP contribution in [0, 0.1) is 0 Å². The predicted molar refractivity (Wildman–Crippen MR) is 101 cm³/mol. The molecule has 0 radical (unpaired) electrons. The van der Waals surface area contributed by atoms with Crippen molar-refractivity contribution in [3.63, 3.8) is 0 Å². The van der Waals surface area contributed by atoms with Gasteiger partial charge >= 0.3 is 0 Å². The van der Waals surface area contributed by atoms with Crippen molar-refractivity contribution >= 4 is 48.6 Å². The number of nitrogens with one attached hydrogen (secondary N) is 1. The zero-order chi connectivity index (χ0) is 17.2. The first-order valence-electron chi connectivity index (χ1n) is 7.01. The van der Waals surface area contributed by atoms with Crippen LogP contribution in [0.15, 0.2) is 63.3 Å². The molecule has 3 rings (SSSR count). The van der Waals surface area contributed by atoms with E-state index in [1.165, 1.54) is 22.7 Å². The van der Waals surface area contributed by atoms with Crippen molar-refractivity contribution in [2.45, 2.75) is 17.5 Å². The second kappa shape index (κ2) is 7.47. The first-order chi connectivity index (χ1) is 11.5. The molecule has 0 fully saturated rings. The van der Waals surface area contributed by atoms with E-state index in [-0.39, 0.29) is 11.4 Å². The van der Waals surface area contributed by atoms with E-state index in [1.54, 1.807) is 24.3 Å². The molecule has 0 saturated heterocycles. The topological polar surface area (TPSA) is 66.4 Å². The third kappa shape index (κ3) is 3.96. The average molecular weight is 444 g/mol. The summed E-state index contributed by atoms with van der Waals surface area (Å²) in [4.78, 5) is 2.72. The lowest BCUT2D eigenvalue weighted by Gasteiger charge is -2.07. The summed E-state index contributed by atoms with van der Waals surface area (Å²) < 4.78 is 27.9. The molecule has 8 heteroatoms. The molecule has 2 N–H and O–H groups in total. The maximum absolute atomic E-state index is 12.4. The van der Waals surface area contributed by atoms with Crippen molar-refractivity contribution in [3.05, 3.63) is 73.0 Å². The van der Waals surface area contributed by atoms with Gasteiger partial charge in [0.1, 0.15) is 6.10 Å². The molecule has 0 aliphatic heterocycles. The van der Waals surface area contributed by atoms with Gasteiger partial charge in [0, 0.05) is 25.6 Å². The molecule has 2 heterocycles. The molecular weight excluding hydrogens is 430 g/mol. The van der Waals surface area contributed by atoms with Crippen LogP contribution in [0.4, 0.5) is 0 Å². The summed E-state index contributed by atoms with van der Waals surface area (Å²) in [5, 5.41) is 12.2. The number of hydrogen-bond acceptors (Lipinski definition) is 5. The lowest BCUT2D eigenvalue weighted by atomic mass is 10.2. The van der Waals surface area contributed by atoms with Crippen LogP contribution in [0.3, 0.4) is 0 Å². The molecule has 1 aromatic carbocycles. The number of aliphatic hydroxyl groups is 1. The smallest absolute Gasteiger partial charge is 0.242 e. The predicted octanol–water partition coefficient (Wildman–Crippen LogP) is 4.13. The van der Waals surface area contributed by atoms with Gasteiger partial charge < -0.3 is 5.11 Å². The van der Waals surface area contributed by atoms with Crippen molar-refractivity contribution < 1.29 is 13.5 Å². The first kappa shape index (κ1) is 17.8. The van der Waals surface area contributed by atoms with E-state index >= 15 is 0 Å². The fraction of sp³-hybridized carbons (Fsp3) is 0.125. The van der Waals surface area contributed by atoms with Gasteiger partial charge in [0.25, 0.3) is 0 Å². The van der Waals surface area contributed by atoms with Crippen LogP contribution < -0.4 is 4.72 Å². The SMILES string of the molecule is O=S(=O)(NCc1ccc([C@@H](O)c2cccs2)s1)c1ccccc1Br. The second-order valence-corrected chi connectivity index (χ2v) is 9.75. The largest absolute Gasteiger partial charge is 0.382 e. The fourth-order valence-corrected chi connectivity index (χ4v) is 5.99. The van der Waals surface area contributed by atoms with Gasteiger partial charge in [0.15, 0.2) is 0 Å². The number of benzene rings is 1. The Hall–Kier alpha value is -1.03. The molecule has 0 spiro atoms. The molecule has 1 atom stereocenters. The summed E-state index contributed by atoms with van der Waals surface area (Å²) in [6, 6.07) is 14.1. The quantitative estimate of drug-likeness (QED) is 0.601. The summed E-state index contributed by atoms with van der Waals surface area (Å²) in [5.74, 6) is 0. The van der Waals surface area contributed by atoms with E-state index < -0.39 is 16.1 Å². The number of aliphatic hydroxyl groups excluding tert-OH is 1. The first-order valence-corrected chi connectivity index (χ1v) is 11.0. The highest BCUT2D eigenvalue weighted by Gasteiger charge is 2.18. The summed E-state index contributed by atoms with van der Waals surface area (Å²) in [6.45, 7) is 0.186. The van der Waals surface area contributed by atoms with Gasteiger partial charge in [-0.25, -0.2) is 13.1 Å². The summed E-state index contributed by atoms with van der Waals surface area (Å²) in [7, 11) is -3.59. The molecule has 0 saturated carbocycles. The summed E-state index contributed by atoms with van der Waals surface area (Å²) in [5.41, 5.74) is 0. The van der Waals surface area contributed by atoms with Gasteiger partial charge in [-0.1, -0.05) is 18.2 Å². The van der Waals surface area contributed by atoms with Crippen LogP contribution in [0.2, 0.25) is 0 Å². The normalized spacial score (nSPS) is 13.1. The second-order valence-electron chi connectivity index (χ2n) is 4.98. The van der Waals surface area contributed by atoms with Gasteiger partial charge in [-0.05, 0) is 51.6 Å². The number of thiophene rings is 2. The molecular formula is C16H14BrNO3S3. The third-order valence-corrected chi connectivity index (χ3v) is 7.80.